The van der Waals surface area contributed by atoms with Crippen LogP contribution < -0.4 is 10.6 Å². The summed E-state index contributed by atoms with van der Waals surface area (Å²) in [7, 11) is 0. The van der Waals surface area contributed by atoms with Gasteiger partial charge in [0, 0.05) is 13.1 Å². The van der Waals surface area contributed by atoms with Gasteiger partial charge in [0.2, 0.25) is 0 Å². The van der Waals surface area contributed by atoms with E-state index in [-0.39, 0.29) is 18.3 Å². The Morgan fingerprint density at radius 3 is 2.52 bits per heavy atom. The molecule has 6 heteroatoms. The molecule has 0 saturated heterocycles. The van der Waals surface area contributed by atoms with Crippen LogP contribution in [0.15, 0.2) is 36.5 Å². The van der Waals surface area contributed by atoms with E-state index < -0.39 is 0 Å². The van der Waals surface area contributed by atoms with E-state index in [0.717, 1.165) is 37.3 Å². The minimum absolute atomic E-state index is 0. The molecule has 0 unspecified atom stereocenters. The number of para-hydroxylation sites is 1. The monoisotopic (exact) mass is 336 g/mol. The third kappa shape index (κ3) is 5.08. The third-order valence-corrected chi connectivity index (χ3v) is 3.46. The standard InChI is InChI=1S/C17H24N4O.ClH/c1-3-10-18-11-12-19-17(22)15-13-20-21(16(15)4-2)14-8-6-5-7-9-14;/h5-9,13,18H,3-4,10-12H2,1-2H3,(H,19,22);1H. The van der Waals surface area contributed by atoms with Gasteiger partial charge in [0.1, 0.15) is 0 Å². The lowest BCUT2D eigenvalue weighted by Gasteiger charge is -2.09. The zero-order chi connectivity index (χ0) is 15.8. The summed E-state index contributed by atoms with van der Waals surface area (Å²) >= 11 is 0. The van der Waals surface area contributed by atoms with E-state index in [1.54, 1.807) is 6.20 Å². The molecule has 0 aliphatic carbocycles. The molecule has 0 atom stereocenters. The molecule has 0 bridgehead atoms. The Bertz CT molecular complexity index is 598. The van der Waals surface area contributed by atoms with E-state index in [0.29, 0.717) is 12.1 Å². The summed E-state index contributed by atoms with van der Waals surface area (Å²) in [5.41, 5.74) is 2.56. The maximum atomic E-state index is 12.3. The predicted molar refractivity (Wildman–Crippen MR) is 95.7 cm³/mol. The molecule has 0 fully saturated rings. The summed E-state index contributed by atoms with van der Waals surface area (Å²) in [5, 5.41) is 10.6. The summed E-state index contributed by atoms with van der Waals surface area (Å²) in [5.74, 6) is -0.0580. The fraction of sp³-hybridized carbons (Fsp3) is 0.412. The number of hydrogen-bond acceptors (Lipinski definition) is 3. The van der Waals surface area contributed by atoms with Crippen LogP contribution in [0.25, 0.3) is 5.69 Å². The van der Waals surface area contributed by atoms with E-state index in [2.05, 4.69) is 22.7 Å². The number of aromatic nitrogens is 2. The molecule has 1 heterocycles. The molecule has 0 aliphatic rings. The molecule has 1 aromatic heterocycles. The summed E-state index contributed by atoms with van der Waals surface area (Å²) in [6, 6.07) is 9.88. The molecule has 0 spiro atoms. The van der Waals surface area contributed by atoms with E-state index in [9.17, 15) is 4.79 Å². The van der Waals surface area contributed by atoms with Gasteiger partial charge in [0.05, 0.1) is 23.1 Å². The van der Waals surface area contributed by atoms with Gasteiger partial charge in [0.15, 0.2) is 0 Å². The Kier molecular flexibility index (Phi) is 8.37. The largest absolute Gasteiger partial charge is 0.351 e. The number of carbonyl (C=O) groups excluding carboxylic acids is 1. The topological polar surface area (TPSA) is 58.9 Å². The molecule has 126 valence electrons. The quantitative estimate of drug-likeness (QED) is 0.728. The molecular weight excluding hydrogens is 312 g/mol. The van der Waals surface area contributed by atoms with Crippen LogP contribution >= 0.6 is 12.4 Å². The Balaban J connectivity index is 0.00000264. The van der Waals surface area contributed by atoms with Crippen LogP contribution in [-0.4, -0.2) is 35.3 Å². The number of carbonyl (C=O) groups is 1. The van der Waals surface area contributed by atoms with Gasteiger partial charge in [0.25, 0.3) is 5.91 Å². The normalized spacial score (nSPS) is 10.2. The summed E-state index contributed by atoms with van der Waals surface area (Å²) in [4.78, 5) is 12.3. The maximum Gasteiger partial charge on any atom is 0.254 e. The molecule has 1 amide bonds. The summed E-state index contributed by atoms with van der Waals surface area (Å²) in [6.07, 6.45) is 3.50. The first-order valence-corrected chi connectivity index (χ1v) is 7.89. The van der Waals surface area contributed by atoms with Gasteiger partial charge in [-0.25, -0.2) is 4.68 Å². The van der Waals surface area contributed by atoms with Crippen molar-refractivity contribution in [1.82, 2.24) is 20.4 Å². The smallest absolute Gasteiger partial charge is 0.254 e. The third-order valence-electron chi connectivity index (χ3n) is 3.46. The number of hydrogen-bond donors (Lipinski definition) is 2. The van der Waals surface area contributed by atoms with E-state index in [4.69, 9.17) is 0 Å². The van der Waals surface area contributed by atoms with Crippen LogP contribution in [0.2, 0.25) is 0 Å². The first-order chi connectivity index (χ1) is 10.8. The first kappa shape index (κ1) is 19.2. The van der Waals surface area contributed by atoms with Crippen molar-refractivity contribution in [3.05, 3.63) is 47.8 Å². The molecule has 1 aromatic carbocycles. The molecule has 5 nitrogen and oxygen atoms in total. The van der Waals surface area contributed by atoms with Crippen molar-refractivity contribution in [2.24, 2.45) is 0 Å². The highest BCUT2D eigenvalue weighted by atomic mass is 35.5. The summed E-state index contributed by atoms with van der Waals surface area (Å²) < 4.78 is 1.84. The van der Waals surface area contributed by atoms with Crippen LogP contribution in [0, 0.1) is 0 Å². The molecule has 2 N–H and O–H groups in total. The average molecular weight is 337 g/mol. The number of amides is 1. The Morgan fingerprint density at radius 1 is 1.13 bits per heavy atom. The van der Waals surface area contributed by atoms with Gasteiger partial charge in [-0.3, -0.25) is 4.79 Å². The maximum absolute atomic E-state index is 12.3. The highest BCUT2D eigenvalue weighted by Gasteiger charge is 2.16. The Morgan fingerprint density at radius 2 is 1.87 bits per heavy atom. The van der Waals surface area contributed by atoms with Crippen molar-refractivity contribution in [2.75, 3.05) is 19.6 Å². The van der Waals surface area contributed by atoms with Crippen LogP contribution in [0.5, 0.6) is 0 Å². The zero-order valence-electron chi connectivity index (χ0n) is 13.7. The number of rotatable bonds is 8. The van der Waals surface area contributed by atoms with Crippen molar-refractivity contribution >= 4 is 18.3 Å². The molecule has 2 rings (SSSR count). The van der Waals surface area contributed by atoms with Crippen LogP contribution in [-0.2, 0) is 6.42 Å². The average Bonchev–Trinajstić information content (AvgIpc) is 2.99. The van der Waals surface area contributed by atoms with Crippen LogP contribution in [0.1, 0.15) is 36.3 Å². The SMILES string of the molecule is CCCNCCNC(=O)c1cnn(-c2ccccc2)c1CC.Cl. The number of halogens is 1. The van der Waals surface area contributed by atoms with Crippen molar-refractivity contribution in [3.63, 3.8) is 0 Å². The van der Waals surface area contributed by atoms with Gasteiger partial charge in [-0.15, -0.1) is 12.4 Å². The van der Waals surface area contributed by atoms with Gasteiger partial charge in [-0.1, -0.05) is 32.0 Å². The van der Waals surface area contributed by atoms with Gasteiger partial charge in [-0.2, -0.15) is 5.10 Å². The van der Waals surface area contributed by atoms with Crippen molar-refractivity contribution in [3.8, 4) is 5.69 Å². The molecule has 0 aliphatic heterocycles. The molecule has 2 aromatic rings. The highest BCUT2D eigenvalue weighted by Crippen LogP contribution is 2.15. The van der Waals surface area contributed by atoms with Crippen molar-refractivity contribution < 1.29 is 4.79 Å². The van der Waals surface area contributed by atoms with Gasteiger partial charge < -0.3 is 10.6 Å². The van der Waals surface area contributed by atoms with Gasteiger partial charge in [-0.05, 0) is 31.5 Å². The lowest BCUT2D eigenvalue weighted by molar-refractivity contribution is 0.0953. The van der Waals surface area contributed by atoms with E-state index in [1.165, 1.54) is 0 Å². The van der Waals surface area contributed by atoms with Crippen LogP contribution in [0.3, 0.4) is 0 Å². The molecule has 0 radical (unpaired) electrons. The molecule has 0 saturated carbocycles. The second kappa shape index (κ2) is 10.0. The van der Waals surface area contributed by atoms with Crippen molar-refractivity contribution in [1.29, 1.82) is 0 Å². The zero-order valence-corrected chi connectivity index (χ0v) is 14.5. The minimum atomic E-state index is -0.0580. The van der Waals surface area contributed by atoms with Gasteiger partial charge >= 0.3 is 0 Å². The first-order valence-electron chi connectivity index (χ1n) is 7.89. The van der Waals surface area contributed by atoms with Crippen LogP contribution in [0.4, 0.5) is 0 Å². The van der Waals surface area contributed by atoms with E-state index in [1.807, 2.05) is 41.9 Å². The summed E-state index contributed by atoms with van der Waals surface area (Å²) in [6.45, 7) is 6.54. The lowest BCUT2D eigenvalue weighted by Crippen LogP contribution is -2.32. The molecule has 23 heavy (non-hydrogen) atoms. The number of nitrogens with one attached hydrogen (secondary N) is 2. The molecular formula is C17H25ClN4O. The van der Waals surface area contributed by atoms with E-state index >= 15 is 0 Å². The highest BCUT2D eigenvalue weighted by molar-refractivity contribution is 5.95. The second-order valence-corrected chi connectivity index (χ2v) is 5.11. The fourth-order valence-corrected chi connectivity index (χ4v) is 2.36. The Labute approximate surface area is 143 Å². The lowest BCUT2D eigenvalue weighted by atomic mass is 10.2. The number of benzene rings is 1. The minimum Gasteiger partial charge on any atom is -0.351 e. The Hall–Kier alpha value is -1.85. The fourth-order valence-electron chi connectivity index (χ4n) is 2.36. The van der Waals surface area contributed by atoms with Crippen molar-refractivity contribution in [2.45, 2.75) is 26.7 Å². The second-order valence-electron chi connectivity index (χ2n) is 5.11. The number of nitrogens with zero attached hydrogens (tertiary/aromatic N) is 2. The predicted octanol–water partition coefficient (Wildman–Crippen LogP) is 2.59.